The molecule has 0 unspecified atom stereocenters. The molecule has 0 radical (unpaired) electrons. The van der Waals surface area contributed by atoms with Gasteiger partial charge in [0.2, 0.25) is 0 Å². The summed E-state index contributed by atoms with van der Waals surface area (Å²) in [5, 5.41) is 12.0. The van der Waals surface area contributed by atoms with E-state index in [0.717, 1.165) is 0 Å². The molecular formula is C33H26F6N4O3. The van der Waals surface area contributed by atoms with E-state index in [0.29, 0.717) is 57.3 Å². The van der Waals surface area contributed by atoms with Crippen LogP contribution in [-0.4, -0.2) is 34.8 Å². The summed E-state index contributed by atoms with van der Waals surface area (Å²) in [5.41, 5.74) is 5.22. The Morgan fingerprint density at radius 2 is 1.24 bits per heavy atom. The van der Waals surface area contributed by atoms with Crippen molar-refractivity contribution in [3.05, 3.63) is 113 Å². The van der Waals surface area contributed by atoms with Gasteiger partial charge in [0.05, 0.1) is 36.7 Å². The first-order valence-corrected chi connectivity index (χ1v) is 13.6. The summed E-state index contributed by atoms with van der Waals surface area (Å²) in [4.78, 5) is 4.71. The number of hydrogen-bond acceptors (Lipinski definition) is 5. The topological polar surface area (TPSA) is 94.9 Å². The molecule has 0 amide bonds. The zero-order valence-electron chi connectivity index (χ0n) is 24.3. The van der Waals surface area contributed by atoms with E-state index in [1.807, 2.05) is 0 Å². The van der Waals surface area contributed by atoms with Crippen LogP contribution in [0.1, 0.15) is 22.3 Å². The third-order valence-corrected chi connectivity index (χ3v) is 7.24. The van der Waals surface area contributed by atoms with E-state index in [9.17, 15) is 26.3 Å². The molecule has 1 heterocycles. The minimum atomic E-state index is -5.06. The predicted molar refractivity (Wildman–Crippen MR) is 160 cm³/mol. The maximum atomic E-state index is 13.9. The van der Waals surface area contributed by atoms with Crippen LogP contribution in [0.15, 0.2) is 96.2 Å². The summed E-state index contributed by atoms with van der Waals surface area (Å²) in [6, 6.07) is 21.4. The van der Waals surface area contributed by atoms with Gasteiger partial charge in [0, 0.05) is 28.8 Å². The lowest BCUT2D eigenvalue weighted by molar-refractivity contribution is -0.143. The first kappa shape index (κ1) is 31.9. The average Bonchev–Trinajstić information content (AvgIpc) is 3.42. The van der Waals surface area contributed by atoms with Gasteiger partial charge in [-0.05, 0) is 72.3 Å². The van der Waals surface area contributed by atoms with E-state index in [4.69, 9.17) is 25.4 Å². The van der Waals surface area contributed by atoms with Crippen molar-refractivity contribution >= 4 is 5.84 Å². The smallest absolute Gasteiger partial charge is 0.416 e. The Morgan fingerprint density at radius 1 is 0.739 bits per heavy atom. The van der Waals surface area contributed by atoms with Gasteiger partial charge in [0.15, 0.2) is 5.84 Å². The molecule has 1 aromatic heterocycles. The number of nitrogens with zero attached hydrogens (tertiary/aromatic N) is 3. The molecule has 0 aliphatic heterocycles. The van der Waals surface area contributed by atoms with Gasteiger partial charge >= 0.3 is 12.4 Å². The number of alkyl halides is 6. The highest BCUT2D eigenvalue weighted by Gasteiger charge is 2.37. The molecular weight excluding hydrogens is 614 g/mol. The van der Waals surface area contributed by atoms with Crippen LogP contribution < -0.4 is 15.2 Å². The van der Waals surface area contributed by atoms with Gasteiger partial charge in [-0.3, -0.25) is 0 Å². The lowest BCUT2D eigenvalue weighted by Gasteiger charge is -2.17. The first-order valence-electron chi connectivity index (χ1n) is 13.6. The highest BCUT2D eigenvalue weighted by molar-refractivity contribution is 5.97. The standard InChI is InChI=1S/C33H26F6N4O3/c1-45-26-11-7-20(8-12-26)28-29(21-9-13-27(46-2)14-10-21)43(18-19-3-5-22(6-4-19)30(40)42-44)31(41-28)23-15-24(32(34,35)36)17-25(16-23)33(37,38)39/h3-17,44H,18H2,1-2H3,(H2,40,42). The van der Waals surface area contributed by atoms with Gasteiger partial charge < -0.3 is 25.0 Å². The Bertz CT molecular complexity index is 1830. The number of ether oxygens (including phenoxy) is 2. The van der Waals surface area contributed by atoms with Crippen molar-refractivity contribution in [3.8, 4) is 45.4 Å². The van der Waals surface area contributed by atoms with Crippen LogP contribution in [0, 0.1) is 0 Å². The largest absolute Gasteiger partial charge is 0.497 e. The van der Waals surface area contributed by atoms with E-state index >= 15 is 0 Å². The van der Waals surface area contributed by atoms with Gasteiger partial charge in [0.1, 0.15) is 17.3 Å². The molecule has 3 N–H and O–H groups in total. The molecule has 0 atom stereocenters. The minimum Gasteiger partial charge on any atom is -0.497 e. The SMILES string of the molecule is COc1ccc(-c2nc(-c3cc(C(F)(F)F)cc(C(F)(F)F)c3)n(Cc3ccc(C(N)=NO)cc3)c2-c2ccc(OC)cc2)cc1. The summed E-state index contributed by atoms with van der Waals surface area (Å²) >= 11 is 0. The maximum Gasteiger partial charge on any atom is 0.416 e. The molecule has 0 saturated heterocycles. The van der Waals surface area contributed by atoms with Crippen molar-refractivity contribution in [1.29, 1.82) is 0 Å². The lowest BCUT2D eigenvalue weighted by Crippen LogP contribution is -2.13. The minimum absolute atomic E-state index is 0.0199. The van der Waals surface area contributed by atoms with Crippen molar-refractivity contribution in [2.24, 2.45) is 10.9 Å². The van der Waals surface area contributed by atoms with Crippen molar-refractivity contribution in [3.63, 3.8) is 0 Å². The summed E-state index contributed by atoms with van der Waals surface area (Å²) in [7, 11) is 2.98. The van der Waals surface area contributed by atoms with E-state index in [1.54, 1.807) is 77.4 Å². The Kier molecular flexibility index (Phi) is 8.68. The molecule has 0 aliphatic carbocycles. The Morgan fingerprint density at radius 3 is 1.70 bits per heavy atom. The highest BCUT2D eigenvalue weighted by Crippen LogP contribution is 2.42. The van der Waals surface area contributed by atoms with E-state index in [-0.39, 0.29) is 29.8 Å². The van der Waals surface area contributed by atoms with Gasteiger partial charge in [-0.25, -0.2) is 4.98 Å². The number of rotatable bonds is 8. The fraction of sp³-hybridized carbons (Fsp3) is 0.152. The normalized spacial score (nSPS) is 12.3. The molecule has 0 aliphatic rings. The first-order chi connectivity index (χ1) is 21.8. The van der Waals surface area contributed by atoms with Crippen LogP contribution in [0.2, 0.25) is 0 Å². The van der Waals surface area contributed by atoms with Gasteiger partial charge in [0.25, 0.3) is 0 Å². The molecule has 5 rings (SSSR count). The van der Waals surface area contributed by atoms with Gasteiger partial charge in [-0.2, -0.15) is 26.3 Å². The second-order valence-corrected chi connectivity index (χ2v) is 10.2. The average molecular weight is 641 g/mol. The molecule has 13 heteroatoms. The van der Waals surface area contributed by atoms with E-state index in [1.165, 1.54) is 14.2 Å². The number of nitrogens with two attached hydrogens (primary N) is 1. The highest BCUT2D eigenvalue weighted by atomic mass is 19.4. The fourth-order valence-electron chi connectivity index (χ4n) is 4.92. The number of imidazole rings is 1. The number of benzene rings is 4. The molecule has 238 valence electrons. The van der Waals surface area contributed by atoms with Crippen molar-refractivity contribution < 1.29 is 41.0 Å². The molecule has 7 nitrogen and oxygen atoms in total. The monoisotopic (exact) mass is 640 g/mol. The number of hydrogen-bond donors (Lipinski definition) is 2. The Hall–Kier alpha value is -5.46. The van der Waals surface area contributed by atoms with Crippen LogP contribution >= 0.6 is 0 Å². The quantitative estimate of drug-likeness (QED) is 0.0588. The molecule has 4 aromatic carbocycles. The fourth-order valence-corrected chi connectivity index (χ4v) is 4.92. The van der Waals surface area contributed by atoms with Crippen LogP contribution in [-0.2, 0) is 18.9 Å². The number of oxime groups is 1. The molecule has 46 heavy (non-hydrogen) atoms. The maximum absolute atomic E-state index is 13.9. The Balaban J connectivity index is 1.83. The Labute approximate surface area is 259 Å². The van der Waals surface area contributed by atoms with Crippen LogP contribution in [0.5, 0.6) is 11.5 Å². The zero-order chi connectivity index (χ0) is 33.2. The van der Waals surface area contributed by atoms with Gasteiger partial charge in [-0.1, -0.05) is 29.4 Å². The van der Waals surface area contributed by atoms with Crippen LogP contribution in [0.25, 0.3) is 33.9 Å². The zero-order valence-corrected chi connectivity index (χ0v) is 24.3. The summed E-state index contributed by atoms with van der Waals surface area (Å²) in [6.45, 7) is -0.0199. The summed E-state index contributed by atoms with van der Waals surface area (Å²) in [5.74, 6) is 0.799. The van der Waals surface area contributed by atoms with Crippen LogP contribution in [0.3, 0.4) is 0 Å². The number of methoxy groups -OCH3 is 2. The number of aromatic nitrogens is 2. The van der Waals surface area contributed by atoms with Gasteiger partial charge in [-0.15, -0.1) is 0 Å². The van der Waals surface area contributed by atoms with Crippen molar-refractivity contribution in [1.82, 2.24) is 9.55 Å². The second kappa shape index (κ2) is 12.5. The number of amidine groups is 1. The molecule has 0 saturated carbocycles. The molecule has 0 bridgehead atoms. The van der Waals surface area contributed by atoms with Crippen LogP contribution in [0.4, 0.5) is 26.3 Å². The van der Waals surface area contributed by atoms with E-state index in [2.05, 4.69) is 5.16 Å². The molecule has 0 fully saturated rings. The second-order valence-electron chi connectivity index (χ2n) is 10.2. The summed E-state index contributed by atoms with van der Waals surface area (Å²) in [6.07, 6.45) is -10.1. The number of halogens is 6. The third-order valence-electron chi connectivity index (χ3n) is 7.24. The molecule has 0 spiro atoms. The lowest BCUT2D eigenvalue weighted by atomic mass is 10.0. The predicted octanol–water partition coefficient (Wildman–Crippen LogP) is 8.08. The van der Waals surface area contributed by atoms with Crippen molar-refractivity contribution in [2.45, 2.75) is 18.9 Å². The summed E-state index contributed by atoms with van der Waals surface area (Å²) < 4.78 is 95.7. The van der Waals surface area contributed by atoms with E-state index < -0.39 is 23.5 Å². The third kappa shape index (κ3) is 6.63. The van der Waals surface area contributed by atoms with Crippen molar-refractivity contribution in [2.75, 3.05) is 14.2 Å². The molecule has 5 aromatic rings.